The summed E-state index contributed by atoms with van der Waals surface area (Å²) < 4.78 is 1.67. The molecule has 0 aliphatic carbocycles. The zero-order valence-electron chi connectivity index (χ0n) is 15.3. The standard InChI is InChI=1S/C19H17N7OS/c1-10-15-13(11-3-5-12(28-2)6-4-11)7-14(27)24-18(15)26(25-10)19-16-17(21-8-20-16)22-9-23-19/h3-6,8-9,13H,7H2,1-2H3,(H,24,27)(H,20,21,22,23). The van der Waals surface area contributed by atoms with Gasteiger partial charge in [-0.15, -0.1) is 11.8 Å². The number of aromatic amines is 1. The van der Waals surface area contributed by atoms with Gasteiger partial charge in [-0.1, -0.05) is 12.1 Å². The topological polar surface area (TPSA) is 101 Å². The summed E-state index contributed by atoms with van der Waals surface area (Å²) in [6.45, 7) is 1.96. The average molecular weight is 391 g/mol. The van der Waals surface area contributed by atoms with Crippen LogP contribution in [0, 0.1) is 6.92 Å². The number of benzene rings is 1. The molecule has 1 aromatic carbocycles. The van der Waals surface area contributed by atoms with Crippen molar-refractivity contribution >= 4 is 34.7 Å². The van der Waals surface area contributed by atoms with Gasteiger partial charge in [-0.2, -0.15) is 9.78 Å². The number of thioether (sulfide) groups is 1. The van der Waals surface area contributed by atoms with Crippen LogP contribution in [0.1, 0.15) is 29.2 Å². The third-order valence-electron chi connectivity index (χ3n) is 5.02. The Bertz CT molecular complexity index is 1190. The number of amides is 1. The van der Waals surface area contributed by atoms with Gasteiger partial charge in [0.1, 0.15) is 17.7 Å². The second-order valence-corrected chi connectivity index (χ2v) is 7.52. The Morgan fingerprint density at radius 1 is 1.18 bits per heavy atom. The molecule has 4 aromatic rings. The number of aryl methyl sites for hydroxylation is 1. The van der Waals surface area contributed by atoms with E-state index in [9.17, 15) is 4.79 Å². The Morgan fingerprint density at radius 3 is 2.79 bits per heavy atom. The molecule has 9 heteroatoms. The molecule has 140 valence electrons. The van der Waals surface area contributed by atoms with E-state index in [-0.39, 0.29) is 11.8 Å². The van der Waals surface area contributed by atoms with Crippen LogP contribution in [0.15, 0.2) is 41.8 Å². The van der Waals surface area contributed by atoms with Crippen LogP contribution in [-0.4, -0.2) is 41.9 Å². The largest absolute Gasteiger partial charge is 0.340 e. The lowest BCUT2D eigenvalue weighted by atomic mass is 9.86. The molecule has 5 rings (SSSR count). The van der Waals surface area contributed by atoms with Gasteiger partial charge in [-0.3, -0.25) is 4.79 Å². The highest BCUT2D eigenvalue weighted by atomic mass is 32.2. The first kappa shape index (κ1) is 16.9. The van der Waals surface area contributed by atoms with Crippen LogP contribution < -0.4 is 5.32 Å². The first-order valence-electron chi connectivity index (χ1n) is 8.83. The predicted octanol–water partition coefficient (Wildman–Crippen LogP) is 3.04. The second-order valence-electron chi connectivity index (χ2n) is 6.64. The Kier molecular flexibility index (Phi) is 3.90. The van der Waals surface area contributed by atoms with Crippen molar-refractivity contribution in [1.82, 2.24) is 29.7 Å². The summed E-state index contributed by atoms with van der Waals surface area (Å²) in [5, 5.41) is 7.69. The van der Waals surface area contributed by atoms with Gasteiger partial charge >= 0.3 is 0 Å². The lowest BCUT2D eigenvalue weighted by molar-refractivity contribution is -0.116. The molecular formula is C19H17N7OS. The molecular weight excluding hydrogens is 374 g/mol. The van der Waals surface area contributed by atoms with Gasteiger partial charge in [-0.05, 0) is 30.9 Å². The number of hydrogen-bond donors (Lipinski definition) is 2. The molecule has 8 nitrogen and oxygen atoms in total. The van der Waals surface area contributed by atoms with E-state index in [2.05, 4.69) is 49.5 Å². The molecule has 1 aliphatic heterocycles. The van der Waals surface area contributed by atoms with Crippen LogP contribution in [-0.2, 0) is 4.79 Å². The van der Waals surface area contributed by atoms with Gasteiger partial charge in [-0.25, -0.2) is 15.0 Å². The minimum absolute atomic E-state index is 0.0393. The van der Waals surface area contributed by atoms with Crippen LogP contribution in [0.4, 0.5) is 5.82 Å². The molecule has 0 bridgehead atoms. The zero-order valence-corrected chi connectivity index (χ0v) is 16.1. The number of nitrogens with zero attached hydrogens (tertiary/aromatic N) is 5. The van der Waals surface area contributed by atoms with Crippen LogP contribution in [0.5, 0.6) is 0 Å². The van der Waals surface area contributed by atoms with Crippen molar-refractivity contribution in [1.29, 1.82) is 0 Å². The summed E-state index contributed by atoms with van der Waals surface area (Å²) in [6.07, 6.45) is 5.46. The smallest absolute Gasteiger partial charge is 0.226 e. The van der Waals surface area contributed by atoms with E-state index in [1.165, 1.54) is 11.2 Å². The maximum absolute atomic E-state index is 12.5. The third kappa shape index (κ3) is 2.58. The number of fused-ring (bicyclic) bond motifs is 2. The zero-order chi connectivity index (χ0) is 19.3. The molecule has 0 spiro atoms. The van der Waals surface area contributed by atoms with Crippen molar-refractivity contribution in [3.8, 4) is 5.82 Å². The first-order valence-corrected chi connectivity index (χ1v) is 10.1. The van der Waals surface area contributed by atoms with Crippen molar-refractivity contribution in [2.75, 3.05) is 11.6 Å². The highest BCUT2D eigenvalue weighted by Crippen LogP contribution is 2.40. The molecule has 2 N–H and O–H groups in total. The lowest BCUT2D eigenvalue weighted by Crippen LogP contribution is -2.25. The summed E-state index contributed by atoms with van der Waals surface area (Å²) >= 11 is 1.70. The summed E-state index contributed by atoms with van der Waals surface area (Å²) in [6, 6.07) is 8.36. The fraction of sp³-hybridized carbons (Fsp3) is 0.211. The monoisotopic (exact) mass is 391 g/mol. The molecule has 0 saturated carbocycles. The molecule has 4 heterocycles. The van der Waals surface area contributed by atoms with E-state index >= 15 is 0 Å². The summed E-state index contributed by atoms with van der Waals surface area (Å²) in [4.78, 5) is 29.5. The van der Waals surface area contributed by atoms with E-state index in [0.29, 0.717) is 29.2 Å². The van der Waals surface area contributed by atoms with E-state index in [0.717, 1.165) is 16.8 Å². The molecule has 1 unspecified atom stereocenters. The fourth-order valence-electron chi connectivity index (χ4n) is 3.73. The Morgan fingerprint density at radius 2 is 2.00 bits per heavy atom. The summed E-state index contributed by atoms with van der Waals surface area (Å²) in [5.41, 5.74) is 4.21. The van der Waals surface area contributed by atoms with Crippen molar-refractivity contribution in [2.24, 2.45) is 0 Å². The van der Waals surface area contributed by atoms with Gasteiger partial charge in [0.25, 0.3) is 0 Å². The van der Waals surface area contributed by atoms with E-state index in [1.807, 2.05) is 13.2 Å². The molecule has 0 saturated heterocycles. The molecule has 1 atom stereocenters. The van der Waals surface area contributed by atoms with Gasteiger partial charge in [0.2, 0.25) is 5.91 Å². The van der Waals surface area contributed by atoms with Crippen molar-refractivity contribution < 1.29 is 4.79 Å². The van der Waals surface area contributed by atoms with E-state index in [4.69, 9.17) is 5.10 Å². The molecule has 28 heavy (non-hydrogen) atoms. The number of hydrogen-bond acceptors (Lipinski definition) is 6. The summed E-state index contributed by atoms with van der Waals surface area (Å²) in [5.74, 6) is 1.13. The van der Waals surface area contributed by atoms with Crippen LogP contribution in [0.2, 0.25) is 0 Å². The normalized spacial score (nSPS) is 16.2. The number of nitrogens with one attached hydrogen (secondary N) is 2. The number of carbonyl (C=O) groups excluding carboxylic acids is 1. The lowest BCUT2D eigenvalue weighted by Gasteiger charge is -2.24. The predicted molar refractivity (Wildman–Crippen MR) is 107 cm³/mol. The number of H-pyrrole nitrogens is 1. The Balaban J connectivity index is 1.68. The number of carbonyl (C=O) groups is 1. The Labute approximate surface area is 164 Å². The SMILES string of the molecule is CSc1ccc(C2CC(=O)Nc3c2c(C)nn3-c2ncnc3nc[nH]c23)cc1. The molecule has 0 radical (unpaired) electrons. The number of rotatable bonds is 3. The maximum Gasteiger partial charge on any atom is 0.226 e. The van der Waals surface area contributed by atoms with Crippen molar-refractivity contribution in [2.45, 2.75) is 24.2 Å². The molecule has 3 aromatic heterocycles. The van der Waals surface area contributed by atoms with Crippen LogP contribution in [0.25, 0.3) is 17.0 Å². The summed E-state index contributed by atoms with van der Waals surface area (Å²) in [7, 11) is 0. The van der Waals surface area contributed by atoms with E-state index < -0.39 is 0 Å². The highest BCUT2D eigenvalue weighted by Gasteiger charge is 2.33. The highest BCUT2D eigenvalue weighted by molar-refractivity contribution is 7.98. The van der Waals surface area contributed by atoms with Gasteiger partial charge in [0, 0.05) is 22.8 Å². The molecule has 1 amide bonds. The van der Waals surface area contributed by atoms with Crippen molar-refractivity contribution in [3.05, 3.63) is 53.7 Å². The van der Waals surface area contributed by atoms with Gasteiger partial charge in [0.15, 0.2) is 11.5 Å². The second kappa shape index (κ2) is 6.45. The minimum atomic E-state index is -0.0486. The van der Waals surface area contributed by atoms with Crippen LogP contribution in [0.3, 0.4) is 0 Å². The number of anilines is 1. The number of aromatic nitrogens is 6. The minimum Gasteiger partial charge on any atom is -0.340 e. The fourth-order valence-corrected chi connectivity index (χ4v) is 4.14. The average Bonchev–Trinajstić information content (AvgIpc) is 3.32. The van der Waals surface area contributed by atoms with Gasteiger partial charge in [0.05, 0.1) is 12.0 Å². The molecule has 0 fully saturated rings. The van der Waals surface area contributed by atoms with Gasteiger partial charge < -0.3 is 10.3 Å². The van der Waals surface area contributed by atoms with E-state index in [1.54, 1.807) is 22.8 Å². The third-order valence-corrected chi connectivity index (χ3v) is 5.77. The van der Waals surface area contributed by atoms with Crippen LogP contribution >= 0.6 is 11.8 Å². The quantitative estimate of drug-likeness (QED) is 0.521. The van der Waals surface area contributed by atoms with Crippen molar-refractivity contribution in [3.63, 3.8) is 0 Å². The number of imidazole rings is 1. The maximum atomic E-state index is 12.5. The molecule has 1 aliphatic rings. The first-order chi connectivity index (χ1) is 13.7. The Hall–Kier alpha value is -3.20.